The van der Waals surface area contributed by atoms with E-state index in [2.05, 4.69) is 9.97 Å². The molecule has 2 fully saturated rings. The van der Waals surface area contributed by atoms with Crippen LogP contribution in [0.25, 0.3) is 11.0 Å². The number of anilines is 1. The van der Waals surface area contributed by atoms with E-state index in [1.165, 1.54) is 0 Å². The molecular weight excluding hydrogens is 296 g/mol. The van der Waals surface area contributed by atoms with Gasteiger partial charge in [-0.05, 0) is 31.0 Å². The molecule has 2 heterocycles. The zero-order valence-electron chi connectivity index (χ0n) is 11.3. The van der Waals surface area contributed by atoms with E-state index in [4.69, 9.17) is 11.6 Å². The first-order valence-electron chi connectivity index (χ1n) is 7.04. The normalized spacial score (nSPS) is 22.7. The SMILES string of the molecule is FC1(F)CC12CCN(c1cnc3cc(Cl)ccc3n1)CC2. The van der Waals surface area contributed by atoms with Crippen LogP contribution in [0.3, 0.4) is 0 Å². The summed E-state index contributed by atoms with van der Waals surface area (Å²) < 4.78 is 26.8. The first-order valence-corrected chi connectivity index (χ1v) is 7.42. The summed E-state index contributed by atoms with van der Waals surface area (Å²) in [7, 11) is 0. The Labute approximate surface area is 125 Å². The van der Waals surface area contributed by atoms with Crippen LogP contribution in [-0.4, -0.2) is 29.0 Å². The second-order valence-electron chi connectivity index (χ2n) is 6.01. The van der Waals surface area contributed by atoms with E-state index < -0.39 is 11.3 Å². The van der Waals surface area contributed by atoms with Crippen LogP contribution in [0.5, 0.6) is 0 Å². The predicted molar refractivity (Wildman–Crippen MR) is 78.0 cm³/mol. The third-order valence-corrected chi connectivity index (χ3v) is 4.98. The second-order valence-corrected chi connectivity index (χ2v) is 6.45. The third kappa shape index (κ3) is 2.06. The highest BCUT2D eigenvalue weighted by molar-refractivity contribution is 6.31. The first kappa shape index (κ1) is 13.2. The minimum atomic E-state index is -2.45. The van der Waals surface area contributed by atoms with Gasteiger partial charge in [-0.1, -0.05) is 11.6 Å². The summed E-state index contributed by atoms with van der Waals surface area (Å²) in [6.45, 7) is 1.23. The number of fused-ring (bicyclic) bond motifs is 1. The summed E-state index contributed by atoms with van der Waals surface area (Å²) in [6.07, 6.45) is 2.80. The molecule has 0 atom stereocenters. The van der Waals surface area contributed by atoms with Gasteiger partial charge in [0.1, 0.15) is 5.82 Å². The Bertz CT molecular complexity index is 711. The van der Waals surface area contributed by atoms with Crippen molar-refractivity contribution in [3.63, 3.8) is 0 Å². The lowest BCUT2D eigenvalue weighted by molar-refractivity contribution is 0.0536. The molecule has 1 aromatic heterocycles. The maximum Gasteiger partial charge on any atom is 0.254 e. The molecule has 6 heteroatoms. The molecule has 2 aromatic rings. The van der Waals surface area contributed by atoms with Gasteiger partial charge in [0.2, 0.25) is 0 Å². The fourth-order valence-electron chi connectivity index (χ4n) is 3.21. The number of rotatable bonds is 1. The van der Waals surface area contributed by atoms with E-state index in [1.54, 1.807) is 18.3 Å². The quantitative estimate of drug-likeness (QED) is 0.800. The van der Waals surface area contributed by atoms with E-state index in [0.29, 0.717) is 31.0 Å². The van der Waals surface area contributed by atoms with Gasteiger partial charge in [0.25, 0.3) is 5.92 Å². The molecule has 0 amide bonds. The van der Waals surface area contributed by atoms with Crippen LogP contribution in [0, 0.1) is 5.41 Å². The zero-order valence-corrected chi connectivity index (χ0v) is 12.1. The highest BCUT2D eigenvalue weighted by atomic mass is 35.5. The monoisotopic (exact) mass is 309 g/mol. The molecule has 1 aliphatic heterocycles. The van der Waals surface area contributed by atoms with E-state index >= 15 is 0 Å². The zero-order chi connectivity index (χ0) is 14.7. The number of halogens is 3. The van der Waals surface area contributed by atoms with Crippen molar-refractivity contribution in [3.05, 3.63) is 29.4 Å². The molecule has 1 saturated carbocycles. The van der Waals surface area contributed by atoms with Crippen LogP contribution >= 0.6 is 11.6 Å². The molecule has 0 bridgehead atoms. The summed E-state index contributed by atoms with van der Waals surface area (Å²) in [5.41, 5.74) is 0.781. The van der Waals surface area contributed by atoms with Gasteiger partial charge in [-0.25, -0.2) is 13.8 Å². The fraction of sp³-hybridized carbons (Fsp3) is 0.467. The van der Waals surface area contributed by atoms with Crippen molar-refractivity contribution in [1.29, 1.82) is 0 Å². The molecule has 0 unspecified atom stereocenters. The van der Waals surface area contributed by atoms with Crippen LogP contribution in [-0.2, 0) is 0 Å². The lowest BCUT2D eigenvalue weighted by Gasteiger charge is -2.32. The van der Waals surface area contributed by atoms with Gasteiger partial charge in [-0.15, -0.1) is 0 Å². The Morgan fingerprint density at radius 3 is 2.52 bits per heavy atom. The number of hydrogen-bond donors (Lipinski definition) is 0. The summed E-state index contributed by atoms with van der Waals surface area (Å²) in [5.74, 6) is -1.70. The Kier molecular flexibility index (Phi) is 2.67. The number of piperidine rings is 1. The molecule has 1 spiro atoms. The summed E-state index contributed by atoms with van der Waals surface area (Å²) in [5, 5.41) is 0.625. The minimum absolute atomic E-state index is 0.0513. The average Bonchev–Trinajstić information content (AvgIpc) is 2.99. The van der Waals surface area contributed by atoms with Crippen LogP contribution in [0.4, 0.5) is 14.6 Å². The molecule has 0 radical (unpaired) electrons. The van der Waals surface area contributed by atoms with Gasteiger partial charge in [0, 0.05) is 29.9 Å². The Morgan fingerprint density at radius 1 is 1.14 bits per heavy atom. The first-order chi connectivity index (χ1) is 9.99. The van der Waals surface area contributed by atoms with Crippen LogP contribution in [0.15, 0.2) is 24.4 Å². The molecule has 4 rings (SSSR count). The van der Waals surface area contributed by atoms with Gasteiger partial charge in [0.15, 0.2) is 0 Å². The van der Waals surface area contributed by atoms with Gasteiger partial charge in [0.05, 0.1) is 17.2 Å². The van der Waals surface area contributed by atoms with Gasteiger partial charge in [-0.3, -0.25) is 4.98 Å². The van der Waals surface area contributed by atoms with Crippen LogP contribution < -0.4 is 4.90 Å². The summed E-state index contributed by atoms with van der Waals surface area (Å²) in [6, 6.07) is 5.37. The maximum absolute atomic E-state index is 13.4. The molecule has 21 heavy (non-hydrogen) atoms. The average molecular weight is 310 g/mol. The lowest BCUT2D eigenvalue weighted by atomic mass is 9.93. The number of benzene rings is 1. The number of aromatic nitrogens is 2. The Hall–Kier alpha value is -1.49. The van der Waals surface area contributed by atoms with E-state index in [9.17, 15) is 8.78 Å². The van der Waals surface area contributed by atoms with Gasteiger partial charge in [-0.2, -0.15) is 0 Å². The predicted octanol–water partition coefficient (Wildman–Crippen LogP) is 3.91. The molecule has 0 N–H and O–H groups in total. The van der Waals surface area contributed by atoms with E-state index in [-0.39, 0.29) is 6.42 Å². The lowest BCUT2D eigenvalue weighted by Crippen LogP contribution is -2.37. The van der Waals surface area contributed by atoms with E-state index in [0.717, 1.165) is 16.9 Å². The molecule has 3 nitrogen and oxygen atoms in total. The summed E-state index contributed by atoms with van der Waals surface area (Å²) >= 11 is 5.92. The summed E-state index contributed by atoms with van der Waals surface area (Å²) in [4.78, 5) is 11.0. The molecule has 1 aliphatic carbocycles. The Morgan fingerprint density at radius 2 is 1.86 bits per heavy atom. The van der Waals surface area contributed by atoms with Crippen LogP contribution in [0.2, 0.25) is 5.02 Å². The molecule has 110 valence electrons. The highest BCUT2D eigenvalue weighted by Crippen LogP contribution is 2.65. The van der Waals surface area contributed by atoms with Crippen LogP contribution in [0.1, 0.15) is 19.3 Å². The topological polar surface area (TPSA) is 29.0 Å². The standard InChI is InChI=1S/C15H14ClF2N3/c16-10-1-2-11-12(7-10)19-8-13(20-11)21-5-3-14(4-6-21)9-15(14,17)18/h1-2,7-8H,3-6,9H2. The van der Waals surface area contributed by atoms with Gasteiger partial charge < -0.3 is 4.90 Å². The molecule has 1 saturated heterocycles. The van der Waals surface area contributed by atoms with Crippen molar-refractivity contribution in [2.45, 2.75) is 25.2 Å². The molecule has 1 aromatic carbocycles. The van der Waals surface area contributed by atoms with Crippen molar-refractivity contribution < 1.29 is 8.78 Å². The largest absolute Gasteiger partial charge is 0.355 e. The Balaban J connectivity index is 1.56. The second kappa shape index (κ2) is 4.26. The smallest absolute Gasteiger partial charge is 0.254 e. The fourth-order valence-corrected chi connectivity index (χ4v) is 3.38. The third-order valence-electron chi connectivity index (χ3n) is 4.75. The van der Waals surface area contributed by atoms with Crippen molar-refractivity contribution in [2.24, 2.45) is 5.41 Å². The minimum Gasteiger partial charge on any atom is -0.355 e. The number of alkyl halides is 2. The molecule has 2 aliphatic rings. The van der Waals surface area contributed by atoms with Gasteiger partial charge >= 0.3 is 0 Å². The van der Waals surface area contributed by atoms with Crippen molar-refractivity contribution in [1.82, 2.24) is 9.97 Å². The van der Waals surface area contributed by atoms with Crippen molar-refractivity contribution >= 4 is 28.5 Å². The van der Waals surface area contributed by atoms with Crippen molar-refractivity contribution in [2.75, 3.05) is 18.0 Å². The maximum atomic E-state index is 13.4. The number of nitrogens with zero attached hydrogens (tertiary/aromatic N) is 3. The highest BCUT2D eigenvalue weighted by Gasteiger charge is 2.70. The number of hydrogen-bond acceptors (Lipinski definition) is 3. The van der Waals surface area contributed by atoms with Crippen molar-refractivity contribution in [3.8, 4) is 0 Å². The van der Waals surface area contributed by atoms with E-state index in [1.807, 2.05) is 11.0 Å². The molecular formula is C15H14ClF2N3.